The Kier molecular flexibility index (Phi) is 4.29. The summed E-state index contributed by atoms with van der Waals surface area (Å²) in [6.45, 7) is -0.663. The number of hydrogen-bond donors (Lipinski definition) is 7. The molecule has 1 aliphatic heterocycles. The van der Waals surface area contributed by atoms with Crippen LogP contribution in [0.25, 0.3) is 11.0 Å². The summed E-state index contributed by atoms with van der Waals surface area (Å²) in [4.78, 5) is 18.2. The van der Waals surface area contributed by atoms with Crippen molar-refractivity contribution < 1.29 is 30.3 Å². The zero-order valence-electron chi connectivity index (χ0n) is 12.4. The number of aromatic nitrogens is 3. The average Bonchev–Trinajstić information content (AvgIpc) is 2.94. The van der Waals surface area contributed by atoms with E-state index in [-0.39, 0.29) is 17.0 Å². The lowest BCUT2D eigenvalue weighted by molar-refractivity contribution is -0.149. The van der Waals surface area contributed by atoms with Gasteiger partial charge in [0, 0.05) is 6.20 Å². The quantitative estimate of drug-likeness (QED) is 0.292. The van der Waals surface area contributed by atoms with E-state index in [0.717, 1.165) is 0 Å². The van der Waals surface area contributed by atoms with Gasteiger partial charge in [-0.15, -0.1) is 0 Å². The molecule has 1 saturated heterocycles. The summed E-state index contributed by atoms with van der Waals surface area (Å²) in [7, 11) is 0. The molecule has 2 aromatic rings. The van der Waals surface area contributed by atoms with Crippen molar-refractivity contribution in [3.05, 3.63) is 22.6 Å². The topological polar surface area (TPSA) is 187 Å². The number of anilines is 1. The maximum atomic E-state index is 11.9. The molecule has 0 aromatic carbocycles. The van der Waals surface area contributed by atoms with Crippen LogP contribution in [0.1, 0.15) is 6.23 Å². The van der Waals surface area contributed by atoms with Crippen LogP contribution < -0.4 is 11.3 Å². The van der Waals surface area contributed by atoms with Crippen molar-refractivity contribution >= 4 is 17.0 Å². The first-order valence-electron chi connectivity index (χ1n) is 7.20. The summed E-state index contributed by atoms with van der Waals surface area (Å²) in [5, 5.41) is 49.6. The van der Waals surface area contributed by atoms with E-state index in [0.29, 0.717) is 0 Å². The molecule has 11 heteroatoms. The number of aliphatic hydroxyl groups is 5. The molecule has 3 rings (SSSR count). The number of aliphatic hydroxyl groups excluding tert-OH is 5. The smallest absolute Gasteiger partial charge is 0.261 e. The third-order valence-corrected chi connectivity index (χ3v) is 4.09. The van der Waals surface area contributed by atoms with Gasteiger partial charge < -0.3 is 40.6 Å². The Morgan fingerprint density at radius 2 is 1.88 bits per heavy atom. The number of ether oxygens (including phenoxy) is 1. The standard InChI is InChI=1S/C13H18N4O7/c14-13-15-10-4(11(23)16-13)1-2-17(10)12-9(22)8(21)7(20)6(19)5(3-18)24-12/h1-2,5-9,12,18-22H,3H2,(H3,14,15,16,23)/t5-,6-,7-,8-,9-,12-/m1/s1. The van der Waals surface area contributed by atoms with Crippen LogP contribution in [0.15, 0.2) is 17.1 Å². The summed E-state index contributed by atoms with van der Waals surface area (Å²) in [6, 6.07) is 1.41. The fourth-order valence-electron chi connectivity index (χ4n) is 2.78. The van der Waals surface area contributed by atoms with Crippen LogP contribution in [-0.2, 0) is 4.74 Å². The molecule has 6 atom stereocenters. The molecule has 0 spiro atoms. The van der Waals surface area contributed by atoms with Gasteiger partial charge in [-0.2, -0.15) is 4.98 Å². The van der Waals surface area contributed by atoms with Gasteiger partial charge in [0.25, 0.3) is 5.56 Å². The predicted octanol–water partition coefficient (Wildman–Crippen LogP) is -3.36. The third kappa shape index (κ3) is 2.56. The minimum absolute atomic E-state index is 0.0788. The molecule has 1 aliphatic rings. The molecule has 1 fully saturated rings. The van der Waals surface area contributed by atoms with Gasteiger partial charge in [-0.25, -0.2) is 0 Å². The van der Waals surface area contributed by atoms with E-state index in [2.05, 4.69) is 9.97 Å². The van der Waals surface area contributed by atoms with Crippen molar-refractivity contribution in [3.63, 3.8) is 0 Å². The lowest BCUT2D eigenvalue weighted by Crippen LogP contribution is -2.47. The molecule has 3 heterocycles. The highest BCUT2D eigenvalue weighted by atomic mass is 16.6. The Morgan fingerprint density at radius 1 is 1.21 bits per heavy atom. The fourth-order valence-corrected chi connectivity index (χ4v) is 2.78. The van der Waals surface area contributed by atoms with E-state index < -0.39 is 48.9 Å². The number of nitrogens with one attached hydrogen (secondary N) is 1. The highest BCUT2D eigenvalue weighted by molar-refractivity contribution is 5.76. The first-order valence-corrected chi connectivity index (χ1v) is 7.20. The van der Waals surface area contributed by atoms with Gasteiger partial charge in [-0.3, -0.25) is 9.78 Å². The largest absolute Gasteiger partial charge is 0.394 e. The molecule has 0 amide bonds. The van der Waals surface area contributed by atoms with Gasteiger partial charge in [-0.05, 0) is 6.07 Å². The van der Waals surface area contributed by atoms with Gasteiger partial charge >= 0.3 is 0 Å². The Labute approximate surface area is 134 Å². The van der Waals surface area contributed by atoms with Gasteiger partial charge in [0.2, 0.25) is 5.95 Å². The Bertz CT molecular complexity index is 788. The number of nitrogen functional groups attached to an aromatic ring is 1. The van der Waals surface area contributed by atoms with Crippen molar-refractivity contribution in [3.8, 4) is 0 Å². The second-order valence-electron chi connectivity index (χ2n) is 5.62. The van der Waals surface area contributed by atoms with Crippen molar-refractivity contribution in [2.75, 3.05) is 12.3 Å². The molecule has 0 unspecified atom stereocenters. The zero-order valence-corrected chi connectivity index (χ0v) is 12.4. The molecule has 0 radical (unpaired) electrons. The number of nitrogens with two attached hydrogens (primary N) is 1. The summed E-state index contributed by atoms with van der Waals surface area (Å²) >= 11 is 0. The molecular weight excluding hydrogens is 324 g/mol. The minimum Gasteiger partial charge on any atom is -0.394 e. The van der Waals surface area contributed by atoms with Crippen LogP contribution in [0.3, 0.4) is 0 Å². The Hall–Kier alpha value is -2.02. The molecular formula is C13H18N4O7. The van der Waals surface area contributed by atoms with Crippen molar-refractivity contribution in [2.24, 2.45) is 0 Å². The van der Waals surface area contributed by atoms with Crippen molar-refractivity contribution in [2.45, 2.75) is 36.7 Å². The van der Waals surface area contributed by atoms with Crippen LogP contribution in [0.5, 0.6) is 0 Å². The van der Waals surface area contributed by atoms with Crippen LogP contribution in [-0.4, -0.2) is 77.2 Å². The Morgan fingerprint density at radius 3 is 2.54 bits per heavy atom. The number of H-pyrrole nitrogens is 1. The van der Waals surface area contributed by atoms with E-state index in [9.17, 15) is 30.3 Å². The second kappa shape index (κ2) is 6.12. The molecule has 0 bridgehead atoms. The predicted molar refractivity (Wildman–Crippen MR) is 79.8 cm³/mol. The van der Waals surface area contributed by atoms with Gasteiger partial charge in [-0.1, -0.05) is 0 Å². The van der Waals surface area contributed by atoms with Crippen molar-refractivity contribution in [1.29, 1.82) is 0 Å². The van der Waals surface area contributed by atoms with Crippen LogP contribution in [0.4, 0.5) is 5.95 Å². The number of rotatable bonds is 2. The summed E-state index contributed by atoms with van der Waals surface area (Å²) in [5.74, 6) is -0.158. The molecule has 0 saturated carbocycles. The maximum Gasteiger partial charge on any atom is 0.261 e. The number of fused-ring (bicyclic) bond motifs is 1. The lowest BCUT2D eigenvalue weighted by Gasteiger charge is -2.27. The maximum absolute atomic E-state index is 11.9. The summed E-state index contributed by atoms with van der Waals surface area (Å²) < 4.78 is 6.70. The van der Waals surface area contributed by atoms with Crippen LogP contribution in [0.2, 0.25) is 0 Å². The van der Waals surface area contributed by atoms with Crippen LogP contribution in [0, 0.1) is 0 Å². The number of aromatic amines is 1. The molecule has 24 heavy (non-hydrogen) atoms. The molecule has 8 N–H and O–H groups in total. The van der Waals surface area contributed by atoms with Gasteiger partial charge in [0.05, 0.1) is 12.0 Å². The average molecular weight is 342 g/mol. The fraction of sp³-hybridized carbons (Fsp3) is 0.538. The normalized spacial score (nSPS) is 34.4. The van der Waals surface area contributed by atoms with Gasteiger partial charge in [0.1, 0.15) is 30.5 Å². The lowest BCUT2D eigenvalue weighted by atomic mass is 10.0. The summed E-state index contributed by atoms with van der Waals surface area (Å²) in [6.07, 6.45) is -7.98. The van der Waals surface area contributed by atoms with E-state index in [1.165, 1.54) is 16.8 Å². The number of nitrogens with zero attached hydrogens (tertiary/aromatic N) is 2. The zero-order chi connectivity index (χ0) is 17.6. The minimum atomic E-state index is -1.75. The molecule has 132 valence electrons. The highest BCUT2D eigenvalue weighted by Crippen LogP contribution is 2.29. The molecule has 2 aromatic heterocycles. The Balaban J connectivity index is 2.11. The third-order valence-electron chi connectivity index (χ3n) is 4.09. The SMILES string of the molecule is Nc1nc2c(ccn2[C@@H]2O[C@H](CO)[C@@H](O)[C@@H](O)[C@@H](O)[C@H]2O)c(=O)[nH]1. The first-order chi connectivity index (χ1) is 11.3. The first kappa shape index (κ1) is 16.8. The second-order valence-corrected chi connectivity index (χ2v) is 5.62. The van der Waals surface area contributed by atoms with E-state index >= 15 is 0 Å². The van der Waals surface area contributed by atoms with Gasteiger partial charge in [0.15, 0.2) is 11.9 Å². The monoisotopic (exact) mass is 342 g/mol. The van der Waals surface area contributed by atoms with E-state index in [4.69, 9.17) is 10.5 Å². The van der Waals surface area contributed by atoms with E-state index in [1.807, 2.05) is 0 Å². The van der Waals surface area contributed by atoms with Crippen LogP contribution >= 0.6 is 0 Å². The molecule has 0 aliphatic carbocycles. The number of hydrogen-bond acceptors (Lipinski definition) is 9. The summed E-state index contributed by atoms with van der Waals surface area (Å²) in [5.41, 5.74) is 5.10. The highest BCUT2D eigenvalue weighted by Gasteiger charge is 2.45. The van der Waals surface area contributed by atoms with E-state index in [1.54, 1.807) is 0 Å². The van der Waals surface area contributed by atoms with Crippen molar-refractivity contribution in [1.82, 2.24) is 14.5 Å². The molecule has 11 nitrogen and oxygen atoms in total.